The van der Waals surface area contributed by atoms with Crippen LogP contribution >= 0.6 is 11.3 Å². The first-order valence-corrected chi connectivity index (χ1v) is 11.9. The van der Waals surface area contributed by atoms with Crippen molar-refractivity contribution in [2.75, 3.05) is 0 Å². The summed E-state index contributed by atoms with van der Waals surface area (Å²) in [5, 5.41) is 15.1. The van der Waals surface area contributed by atoms with Crippen molar-refractivity contribution in [3.63, 3.8) is 0 Å². The van der Waals surface area contributed by atoms with Gasteiger partial charge < -0.3 is 14.6 Å². The Hall–Kier alpha value is -2.93. The van der Waals surface area contributed by atoms with Crippen molar-refractivity contribution in [1.82, 2.24) is 0 Å². The van der Waals surface area contributed by atoms with Crippen molar-refractivity contribution in [2.24, 2.45) is 0 Å². The molecule has 1 aromatic carbocycles. The Labute approximate surface area is 190 Å². The predicted octanol–water partition coefficient (Wildman–Crippen LogP) is 5.38. The summed E-state index contributed by atoms with van der Waals surface area (Å²) in [6.07, 6.45) is 6.88. The standard InChI is InChI=1S/C25H26O6S/c1-15-6-5-9-18(26)8-4-2-3-7-16-12-20-23(24(28)22(16)25(29)30-15)19(13-21(27)31-20)17-10-11-32-14-17/h3,7,10-12,14-15,19,28H,2,4-6,8-9,13H2,1H3. The number of ether oxygens (including phenoxy) is 2. The molecule has 2 aromatic rings. The highest BCUT2D eigenvalue weighted by Gasteiger charge is 2.35. The number of aromatic hydroxyl groups is 1. The van der Waals surface area contributed by atoms with Gasteiger partial charge in [-0.05, 0) is 66.6 Å². The Kier molecular flexibility index (Phi) is 6.74. The number of thiophene rings is 1. The molecule has 0 spiro atoms. The van der Waals surface area contributed by atoms with Crippen LogP contribution in [-0.2, 0) is 14.3 Å². The number of carbonyl (C=O) groups is 3. The van der Waals surface area contributed by atoms with Crippen LogP contribution in [0.3, 0.4) is 0 Å². The van der Waals surface area contributed by atoms with E-state index < -0.39 is 18.0 Å². The third-order valence-electron chi connectivity index (χ3n) is 5.92. The number of fused-ring (bicyclic) bond motifs is 2. The average molecular weight is 455 g/mol. The number of carbonyl (C=O) groups excluding carboxylic acids is 3. The summed E-state index contributed by atoms with van der Waals surface area (Å²) in [4.78, 5) is 37.4. The molecule has 2 aliphatic rings. The maximum absolute atomic E-state index is 13.1. The van der Waals surface area contributed by atoms with Crippen molar-refractivity contribution < 1.29 is 29.0 Å². The third kappa shape index (κ3) is 4.78. The van der Waals surface area contributed by atoms with Gasteiger partial charge in [0.25, 0.3) is 0 Å². The molecule has 0 amide bonds. The second kappa shape index (κ2) is 9.69. The SMILES string of the molecule is CC1CCCC(=O)CCCC=Cc2cc3c(c(O)c2C(=O)O1)C(c1ccsc1)CC(=O)O3. The maximum atomic E-state index is 13.1. The van der Waals surface area contributed by atoms with Crippen LogP contribution in [0.25, 0.3) is 6.08 Å². The molecule has 2 aliphatic heterocycles. The van der Waals surface area contributed by atoms with E-state index in [1.165, 1.54) is 11.3 Å². The fourth-order valence-electron chi connectivity index (χ4n) is 4.28. The van der Waals surface area contributed by atoms with Gasteiger partial charge in [-0.25, -0.2) is 4.79 Å². The quantitative estimate of drug-likeness (QED) is 0.460. The smallest absolute Gasteiger partial charge is 0.342 e. The number of Topliss-reactive ketones (excluding diaryl/α,β-unsaturated/α-hetero) is 1. The zero-order valence-corrected chi connectivity index (χ0v) is 18.8. The number of esters is 2. The van der Waals surface area contributed by atoms with Crippen LogP contribution in [-0.4, -0.2) is 28.9 Å². The second-order valence-corrected chi connectivity index (χ2v) is 9.11. The molecule has 0 saturated heterocycles. The largest absolute Gasteiger partial charge is 0.507 e. The highest BCUT2D eigenvalue weighted by atomic mass is 32.1. The van der Waals surface area contributed by atoms with E-state index in [1.807, 2.05) is 22.9 Å². The van der Waals surface area contributed by atoms with Gasteiger partial charge in [-0.3, -0.25) is 9.59 Å². The summed E-state index contributed by atoms with van der Waals surface area (Å²) < 4.78 is 11.1. The highest BCUT2D eigenvalue weighted by molar-refractivity contribution is 7.08. The number of allylic oxidation sites excluding steroid dienone is 1. The molecule has 0 fully saturated rings. The first-order chi connectivity index (χ1) is 15.4. The minimum absolute atomic E-state index is 0.0816. The lowest BCUT2D eigenvalue weighted by Gasteiger charge is -2.27. The lowest BCUT2D eigenvalue weighted by molar-refractivity contribution is -0.135. The van der Waals surface area contributed by atoms with Gasteiger partial charge >= 0.3 is 11.9 Å². The molecule has 4 rings (SSSR count). The van der Waals surface area contributed by atoms with E-state index in [0.29, 0.717) is 43.2 Å². The van der Waals surface area contributed by atoms with Gasteiger partial charge in [0.05, 0.1) is 12.5 Å². The number of hydrogen-bond acceptors (Lipinski definition) is 7. The zero-order valence-electron chi connectivity index (χ0n) is 18.0. The first kappa shape index (κ1) is 22.3. The molecule has 0 bridgehead atoms. The molecule has 2 atom stereocenters. The van der Waals surface area contributed by atoms with Crippen LogP contribution in [0.5, 0.6) is 11.5 Å². The van der Waals surface area contributed by atoms with Crippen molar-refractivity contribution in [1.29, 1.82) is 0 Å². The van der Waals surface area contributed by atoms with Crippen LogP contribution in [0, 0.1) is 0 Å². The molecule has 168 valence electrons. The summed E-state index contributed by atoms with van der Waals surface area (Å²) in [5.41, 5.74) is 1.84. The third-order valence-corrected chi connectivity index (χ3v) is 6.63. The van der Waals surface area contributed by atoms with E-state index in [1.54, 1.807) is 19.1 Å². The Bertz CT molecular complexity index is 1050. The molecule has 0 aliphatic carbocycles. The van der Waals surface area contributed by atoms with E-state index in [2.05, 4.69) is 0 Å². The number of hydrogen-bond donors (Lipinski definition) is 1. The molecule has 7 heteroatoms. The molecule has 0 saturated carbocycles. The number of cyclic esters (lactones) is 1. The minimum Gasteiger partial charge on any atom is -0.507 e. The molecule has 2 unspecified atom stereocenters. The van der Waals surface area contributed by atoms with Gasteiger partial charge in [-0.1, -0.05) is 12.2 Å². The maximum Gasteiger partial charge on any atom is 0.342 e. The molecule has 3 heterocycles. The van der Waals surface area contributed by atoms with E-state index in [-0.39, 0.29) is 35.2 Å². The summed E-state index contributed by atoms with van der Waals surface area (Å²) in [5.74, 6) is -1.13. The van der Waals surface area contributed by atoms with Crippen molar-refractivity contribution in [3.8, 4) is 11.5 Å². The molecule has 1 N–H and O–H groups in total. The first-order valence-electron chi connectivity index (χ1n) is 11.0. The second-order valence-electron chi connectivity index (χ2n) is 8.33. The van der Waals surface area contributed by atoms with Crippen molar-refractivity contribution in [3.05, 3.63) is 51.2 Å². The van der Waals surface area contributed by atoms with E-state index in [0.717, 1.165) is 12.0 Å². The fourth-order valence-corrected chi connectivity index (χ4v) is 4.99. The number of phenols is 1. The Morgan fingerprint density at radius 2 is 1.97 bits per heavy atom. The van der Waals surface area contributed by atoms with Gasteiger partial charge in [0.1, 0.15) is 22.8 Å². The molecule has 0 radical (unpaired) electrons. The lowest BCUT2D eigenvalue weighted by Crippen LogP contribution is -2.23. The van der Waals surface area contributed by atoms with Crippen LogP contribution < -0.4 is 4.74 Å². The predicted molar refractivity (Wildman–Crippen MR) is 121 cm³/mol. The van der Waals surface area contributed by atoms with Gasteiger partial charge in [0.15, 0.2) is 0 Å². The van der Waals surface area contributed by atoms with Gasteiger partial charge in [0.2, 0.25) is 0 Å². The Balaban J connectivity index is 1.79. The topological polar surface area (TPSA) is 89.9 Å². The molecule has 32 heavy (non-hydrogen) atoms. The Morgan fingerprint density at radius 3 is 2.75 bits per heavy atom. The summed E-state index contributed by atoms with van der Waals surface area (Å²) >= 11 is 1.50. The van der Waals surface area contributed by atoms with Crippen molar-refractivity contribution >= 4 is 35.1 Å². The number of benzene rings is 1. The average Bonchev–Trinajstić information content (AvgIpc) is 3.27. The summed E-state index contributed by atoms with van der Waals surface area (Å²) in [6, 6.07) is 3.53. The normalized spacial score (nSPS) is 22.3. The monoisotopic (exact) mass is 454 g/mol. The molecule has 1 aromatic heterocycles. The van der Waals surface area contributed by atoms with Crippen LogP contribution in [0.1, 0.15) is 84.8 Å². The highest BCUT2D eigenvalue weighted by Crippen LogP contribution is 2.47. The summed E-state index contributed by atoms with van der Waals surface area (Å²) in [7, 11) is 0. The number of phenolic OH excluding ortho intramolecular Hbond substituents is 1. The van der Waals surface area contributed by atoms with E-state index in [9.17, 15) is 19.5 Å². The van der Waals surface area contributed by atoms with E-state index in [4.69, 9.17) is 9.47 Å². The number of ketones is 1. The Morgan fingerprint density at radius 1 is 1.16 bits per heavy atom. The van der Waals surface area contributed by atoms with Gasteiger partial charge in [-0.15, -0.1) is 0 Å². The zero-order chi connectivity index (χ0) is 22.7. The molecular formula is C25H26O6S. The van der Waals surface area contributed by atoms with Gasteiger partial charge in [-0.2, -0.15) is 11.3 Å². The molecule has 6 nitrogen and oxygen atoms in total. The minimum atomic E-state index is -0.623. The van der Waals surface area contributed by atoms with Crippen LogP contribution in [0.2, 0.25) is 0 Å². The molecular weight excluding hydrogens is 428 g/mol. The fraction of sp³-hybridized carbons (Fsp3) is 0.400. The lowest BCUT2D eigenvalue weighted by atomic mass is 9.84. The van der Waals surface area contributed by atoms with Gasteiger partial charge in [0, 0.05) is 24.3 Å². The van der Waals surface area contributed by atoms with E-state index >= 15 is 0 Å². The van der Waals surface area contributed by atoms with Crippen molar-refractivity contribution in [2.45, 2.75) is 63.9 Å². The summed E-state index contributed by atoms with van der Waals surface area (Å²) in [6.45, 7) is 1.79. The van der Waals surface area contributed by atoms with Crippen LogP contribution in [0.4, 0.5) is 0 Å². The number of rotatable bonds is 1. The van der Waals surface area contributed by atoms with Crippen LogP contribution in [0.15, 0.2) is 29.0 Å².